The van der Waals surface area contributed by atoms with Crippen molar-refractivity contribution in [1.82, 2.24) is 0 Å². The largest absolute Gasteiger partial charge is 0.378 e. The monoisotopic (exact) mass is 287 g/mol. The van der Waals surface area contributed by atoms with Gasteiger partial charge in [0.15, 0.2) is 0 Å². The fraction of sp³-hybridized carbons (Fsp3) is 0.438. The molecule has 0 aromatic heterocycles. The van der Waals surface area contributed by atoms with E-state index in [0.29, 0.717) is 6.42 Å². The van der Waals surface area contributed by atoms with Gasteiger partial charge in [-0.2, -0.15) is 0 Å². The van der Waals surface area contributed by atoms with E-state index >= 15 is 0 Å². The van der Waals surface area contributed by atoms with E-state index in [1.54, 1.807) is 0 Å². The van der Waals surface area contributed by atoms with Crippen LogP contribution in [-0.2, 0) is 9.53 Å². The Balaban J connectivity index is 1.59. The highest BCUT2D eigenvalue weighted by atomic mass is 16.5. The van der Waals surface area contributed by atoms with E-state index in [1.807, 2.05) is 36.4 Å². The maximum absolute atomic E-state index is 12.1. The summed E-state index contributed by atoms with van der Waals surface area (Å²) < 4.78 is 5.35. The summed E-state index contributed by atoms with van der Waals surface area (Å²) in [5.41, 5.74) is 7.77. The highest BCUT2D eigenvalue weighted by Gasteiger charge is 2.22. The lowest BCUT2D eigenvalue weighted by Gasteiger charge is -2.28. The molecule has 0 radical (unpaired) electrons. The van der Waals surface area contributed by atoms with E-state index in [-0.39, 0.29) is 17.9 Å². The molecule has 2 atom stereocenters. The zero-order valence-electron chi connectivity index (χ0n) is 12.0. The molecule has 1 aromatic carbocycles. The second kappa shape index (κ2) is 6.28. The van der Waals surface area contributed by atoms with Crippen molar-refractivity contribution in [3.05, 3.63) is 36.4 Å². The predicted octanol–water partition coefficient (Wildman–Crippen LogP) is 1.37. The van der Waals surface area contributed by atoms with Gasteiger partial charge in [-0.1, -0.05) is 12.2 Å². The van der Waals surface area contributed by atoms with Gasteiger partial charge in [0.1, 0.15) is 0 Å². The topological polar surface area (TPSA) is 67.6 Å². The number of anilines is 2. The zero-order valence-corrected chi connectivity index (χ0v) is 12.0. The third-order valence-electron chi connectivity index (χ3n) is 3.96. The number of benzene rings is 1. The number of nitrogens with one attached hydrogen (secondary N) is 1. The lowest BCUT2D eigenvalue weighted by atomic mass is 10.1. The Kier molecular flexibility index (Phi) is 4.22. The molecule has 1 saturated heterocycles. The van der Waals surface area contributed by atoms with Crippen LogP contribution in [0.3, 0.4) is 0 Å². The minimum Gasteiger partial charge on any atom is -0.378 e. The normalized spacial score (nSPS) is 25.1. The molecular formula is C16H21N3O2. The number of carbonyl (C=O) groups excluding carboxylic acids is 1. The Labute approximate surface area is 124 Å². The van der Waals surface area contributed by atoms with E-state index in [9.17, 15) is 4.79 Å². The lowest BCUT2D eigenvalue weighted by Crippen LogP contribution is -2.36. The van der Waals surface area contributed by atoms with E-state index in [0.717, 1.165) is 32.0 Å². The average molecular weight is 287 g/mol. The number of ether oxygens (including phenoxy) is 1. The number of morpholine rings is 1. The molecule has 0 bridgehead atoms. The van der Waals surface area contributed by atoms with Gasteiger partial charge in [0.2, 0.25) is 5.91 Å². The molecule has 1 fully saturated rings. The summed E-state index contributed by atoms with van der Waals surface area (Å²) in [5.74, 6) is -0.0998. The minimum absolute atomic E-state index is 0.00412. The van der Waals surface area contributed by atoms with Crippen LogP contribution in [0, 0.1) is 5.92 Å². The van der Waals surface area contributed by atoms with Crippen molar-refractivity contribution >= 4 is 17.3 Å². The van der Waals surface area contributed by atoms with Gasteiger partial charge >= 0.3 is 0 Å². The van der Waals surface area contributed by atoms with Crippen molar-refractivity contribution in [3.63, 3.8) is 0 Å². The smallest absolute Gasteiger partial charge is 0.231 e. The van der Waals surface area contributed by atoms with E-state index in [2.05, 4.69) is 10.2 Å². The molecule has 5 heteroatoms. The van der Waals surface area contributed by atoms with Crippen molar-refractivity contribution in [2.24, 2.45) is 11.7 Å². The summed E-state index contributed by atoms with van der Waals surface area (Å²) in [4.78, 5) is 14.4. The fourth-order valence-electron chi connectivity index (χ4n) is 2.73. The second-order valence-electron chi connectivity index (χ2n) is 5.53. The molecule has 21 heavy (non-hydrogen) atoms. The zero-order chi connectivity index (χ0) is 14.7. The van der Waals surface area contributed by atoms with Crippen LogP contribution in [0.2, 0.25) is 0 Å². The van der Waals surface area contributed by atoms with Crippen molar-refractivity contribution in [3.8, 4) is 0 Å². The number of carbonyl (C=O) groups is 1. The van der Waals surface area contributed by atoms with Crippen molar-refractivity contribution in [2.75, 3.05) is 36.5 Å². The van der Waals surface area contributed by atoms with E-state index < -0.39 is 0 Å². The van der Waals surface area contributed by atoms with Crippen molar-refractivity contribution in [2.45, 2.75) is 12.5 Å². The first-order chi connectivity index (χ1) is 10.2. The Morgan fingerprint density at radius 3 is 2.52 bits per heavy atom. The van der Waals surface area contributed by atoms with Crippen LogP contribution >= 0.6 is 0 Å². The highest BCUT2D eigenvalue weighted by molar-refractivity contribution is 5.94. The van der Waals surface area contributed by atoms with Crippen LogP contribution in [0.25, 0.3) is 0 Å². The van der Waals surface area contributed by atoms with Crippen LogP contribution in [0.4, 0.5) is 11.4 Å². The third kappa shape index (κ3) is 3.43. The summed E-state index contributed by atoms with van der Waals surface area (Å²) in [6.07, 6.45) is 4.48. The molecule has 5 nitrogen and oxygen atoms in total. The Bertz CT molecular complexity index is 521. The van der Waals surface area contributed by atoms with Gasteiger partial charge in [-0.25, -0.2) is 0 Å². The summed E-state index contributed by atoms with van der Waals surface area (Å²) in [6.45, 7) is 3.37. The lowest BCUT2D eigenvalue weighted by molar-refractivity contribution is -0.118. The molecule has 1 amide bonds. The summed E-state index contributed by atoms with van der Waals surface area (Å²) >= 11 is 0. The Morgan fingerprint density at radius 2 is 1.90 bits per heavy atom. The molecule has 3 rings (SSSR count). The van der Waals surface area contributed by atoms with Gasteiger partial charge in [0, 0.05) is 30.5 Å². The molecule has 3 N–H and O–H groups in total. The van der Waals surface area contributed by atoms with Gasteiger partial charge < -0.3 is 20.7 Å². The van der Waals surface area contributed by atoms with Crippen molar-refractivity contribution in [1.29, 1.82) is 0 Å². The van der Waals surface area contributed by atoms with Crippen LogP contribution in [0.1, 0.15) is 6.42 Å². The van der Waals surface area contributed by atoms with Crippen molar-refractivity contribution < 1.29 is 9.53 Å². The van der Waals surface area contributed by atoms with Crippen LogP contribution in [0.5, 0.6) is 0 Å². The van der Waals surface area contributed by atoms with E-state index in [1.165, 1.54) is 5.69 Å². The van der Waals surface area contributed by atoms with Gasteiger partial charge in [-0.3, -0.25) is 4.79 Å². The summed E-state index contributed by atoms with van der Waals surface area (Å²) in [6, 6.07) is 7.97. The molecule has 1 heterocycles. The van der Waals surface area contributed by atoms with Gasteiger partial charge in [-0.05, 0) is 30.7 Å². The van der Waals surface area contributed by atoms with Crippen LogP contribution in [0.15, 0.2) is 36.4 Å². The Morgan fingerprint density at radius 1 is 1.19 bits per heavy atom. The number of nitrogens with two attached hydrogens (primary N) is 1. The molecule has 1 aliphatic heterocycles. The minimum atomic E-state index is -0.112. The molecule has 2 unspecified atom stereocenters. The number of amides is 1. The first kappa shape index (κ1) is 14.1. The standard InChI is InChI=1S/C16H21N3O2/c17-13-2-1-12(11-13)16(20)18-14-3-5-15(6-4-14)19-7-9-21-10-8-19/h1-6,12-13H,7-11,17H2,(H,18,20). The average Bonchev–Trinajstić information content (AvgIpc) is 2.96. The molecule has 1 aliphatic carbocycles. The van der Waals surface area contributed by atoms with Gasteiger partial charge in [-0.15, -0.1) is 0 Å². The van der Waals surface area contributed by atoms with Gasteiger partial charge in [0.25, 0.3) is 0 Å². The molecule has 1 aromatic rings. The maximum atomic E-state index is 12.1. The molecule has 2 aliphatic rings. The summed E-state index contributed by atoms with van der Waals surface area (Å²) in [7, 11) is 0. The third-order valence-corrected chi connectivity index (χ3v) is 3.96. The number of nitrogens with zero attached hydrogens (tertiary/aromatic N) is 1. The predicted molar refractivity (Wildman–Crippen MR) is 83.3 cm³/mol. The molecule has 112 valence electrons. The number of hydrogen-bond acceptors (Lipinski definition) is 4. The quantitative estimate of drug-likeness (QED) is 0.824. The fourth-order valence-corrected chi connectivity index (χ4v) is 2.73. The molecule has 0 spiro atoms. The Hall–Kier alpha value is -1.85. The van der Waals surface area contributed by atoms with Crippen LogP contribution in [-0.4, -0.2) is 38.3 Å². The molecule has 0 saturated carbocycles. The van der Waals surface area contributed by atoms with Gasteiger partial charge in [0.05, 0.1) is 19.1 Å². The number of hydrogen-bond donors (Lipinski definition) is 2. The number of rotatable bonds is 3. The highest BCUT2D eigenvalue weighted by Crippen LogP contribution is 2.21. The molecular weight excluding hydrogens is 266 g/mol. The first-order valence-corrected chi connectivity index (χ1v) is 7.40. The SMILES string of the molecule is NC1C=CC(C(=O)Nc2ccc(N3CCOCC3)cc2)C1. The first-order valence-electron chi connectivity index (χ1n) is 7.40. The van der Waals surface area contributed by atoms with Crippen LogP contribution < -0.4 is 16.0 Å². The van der Waals surface area contributed by atoms with E-state index in [4.69, 9.17) is 10.5 Å². The summed E-state index contributed by atoms with van der Waals surface area (Å²) in [5, 5.41) is 2.95. The second-order valence-corrected chi connectivity index (χ2v) is 5.53. The maximum Gasteiger partial charge on any atom is 0.231 e.